The molecule has 0 aromatic heterocycles. The Labute approximate surface area is 150 Å². The van der Waals surface area contributed by atoms with Crippen LogP contribution in [0.25, 0.3) is 0 Å². The van der Waals surface area contributed by atoms with Gasteiger partial charge in [0.15, 0.2) is 0 Å². The molecule has 0 aliphatic carbocycles. The highest BCUT2D eigenvalue weighted by Crippen LogP contribution is 2.19. The molecule has 0 aliphatic heterocycles. The van der Waals surface area contributed by atoms with Crippen LogP contribution in [-0.2, 0) is 10.5 Å². The summed E-state index contributed by atoms with van der Waals surface area (Å²) < 4.78 is 0. The van der Waals surface area contributed by atoms with E-state index in [1.54, 1.807) is 30.0 Å². The van der Waals surface area contributed by atoms with Crippen LogP contribution in [0.3, 0.4) is 0 Å². The highest BCUT2D eigenvalue weighted by atomic mass is 35.5. The molecule has 3 nitrogen and oxygen atoms in total. The maximum atomic E-state index is 11.7. The van der Waals surface area contributed by atoms with Gasteiger partial charge in [0.1, 0.15) is 0 Å². The van der Waals surface area contributed by atoms with E-state index in [9.17, 15) is 4.79 Å². The Hall–Kier alpha value is -1.49. The van der Waals surface area contributed by atoms with Gasteiger partial charge in [0, 0.05) is 16.3 Å². The lowest BCUT2D eigenvalue weighted by Gasteiger charge is -2.04. The first kappa shape index (κ1) is 17.9. The van der Waals surface area contributed by atoms with Crippen molar-refractivity contribution in [2.24, 2.45) is 5.10 Å². The summed E-state index contributed by atoms with van der Waals surface area (Å²) in [6, 6.07) is 13.2. The van der Waals surface area contributed by atoms with Crippen LogP contribution in [0.4, 0.5) is 0 Å². The standard InChI is InChI=1S/C17H16Cl2N2OS/c1-12-4-2-3-5-14(12)10-23-11-17(22)21-20-9-13-6-7-15(18)8-16(13)19/h2-9H,10-11H2,1H3,(H,21,22)/b20-9+. The molecule has 0 heterocycles. The molecule has 23 heavy (non-hydrogen) atoms. The summed E-state index contributed by atoms with van der Waals surface area (Å²) in [5.74, 6) is 0.997. The molecule has 6 heteroatoms. The van der Waals surface area contributed by atoms with E-state index >= 15 is 0 Å². The normalized spacial score (nSPS) is 10.9. The van der Waals surface area contributed by atoms with Crippen molar-refractivity contribution < 1.29 is 4.79 Å². The summed E-state index contributed by atoms with van der Waals surface area (Å²) in [5, 5.41) is 4.96. The average molecular weight is 367 g/mol. The maximum Gasteiger partial charge on any atom is 0.250 e. The van der Waals surface area contributed by atoms with Gasteiger partial charge >= 0.3 is 0 Å². The molecule has 0 saturated carbocycles. The van der Waals surface area contributed by atoms with Gasteiger partial charge in [-0.1, -0.05) is 53.5 Å². The molecule has 120 valence electrons. The van der Waals surface area contributed by atoms with Crippen LogP contribution >= 0.6 is 35.0 Å². The fraction of sp³-hybridized carbons (Fsp3) is 0.176. The minimum absolute atomic E-state index is 0.148. The van der Waals surface area contributed by atoms with Gasteiger partial charge in [0.05, 0.1) is 17.0 Å². The van der Waals surface area contributed by atoms with E-state index in [-0.39, 0.29) is 5.91 Å². The zero-order chi connectivity index (χ0) is 16.7. The van der Waals surface area contributed by atoms with E-state index in [0.717, 1.165) is 5.75 Å². The number of carbonyl (C=O) groups excluding carboxylic acids is 1. The number of hydrogen-bond acceptors (Lipinski definition) is 3. The van der Waals surface area contributed by atoms with Gasteiger partial charge in [0.25, 0.3) is 0 Å². The van der Waals surface area contributed by atoms with Crippen LogP contribution in [-0.4, -0.2) is 17.9 Å². The predicted molar refractivity (Wildman–Crippen MR) is 99.5 cm³/mol. The van der Waals surface area contributed by atoms with Crippen LogP contribution < -0.4 is 5.43 Å². The van der Waals surface area contributed by atoms with Crippen molar-refractivity contribution in [3.05, 3.63) is 69.2 Å². The molecule has 0 bridgehead atoms. The van der Waals surface area contributed by atoms with Gasteiger partial charge in [-0.15, -0.1) is 11.8 Å². The van der Waals surface area contributed by atoms with Gasteiger partial charge < -0.3 is 0 Å². The third-order valence-electron chi connectivity index (χ3n) is 3.11. The molecule has 0 aliphatic rings. The largest absolute Gasteiger partial charge is 0.272 e. The Morgan fingerprint density at radius 1 is 1.26 bits per heavy atom. The lowest BCUT2D eigenvalue weighted by molar-refractivity contribution is -0.118. The smallest absolute Gasteiger partial charge is 0.250 e. The van der Waals surface area contributed by atoms with E-state index < -0.39 is 0 Å². The fourth-order valence-electron chi connectivity index (χ4n) is 1.84. The highest BCUT2D eigenvalue weighted by molar-refractivity contribution is 7.99. The zero-order valence-electron chi connectivity index (χ0n) is 12.6. The minimum Gasteiger partial charge on any atom is -0.272 e. The Balaban J connectivity index is 1.77. The second kappa shape index (κ2) is 8.96. The van der Waals surface area contributed by atoms with Crippen molar-refractivity contribution in [2.75, 3.05) is 5.75 Å². The van der Waals surface area contributed by atoms with Gasteiger partial charge in [0.2, 0.25) is 5.91 Å². The van der Waals surface area contributed by atoms with Gasteiger partial charge in [-0.25, -0.2) is 5.43 Å². The van der Waals surface area contributed by atoms with Crippen molar-refractivity contribution in [1.82, 2.24) is 5.43 Å². The van der Waals surface area contributed by atoms with Crippen LogP contribution in [0.5, 0.6) is 0 Å². The van der Waals surface area contributed by atoms with Gasteiger partial charge in [-0.2, -0.15) is 5.10 Å². The van der Waals surface area contributed by atoms with E-state index in [1.807, 2.05) is 12.1 Å². The van der Waals surface area contributed by atoms with Crippen molar-refractivity contribution in [3.8, 4) is 0 Å². The summed E-state index contributed by atoms with van der Waals surface area (Å²) in [6.45, 7) is 2.07. The van der Waals surface area contributed by atoms with E-state index in [2.05, 4.69) is 29.6 Å². The zero-order valence-corrected chi connectivity index (χ0v) is 14.9. The van der Waals surface area contributed by atoms with Crippen LogP contribution in [0.15, 0.2) is 47.6 Å². The Morgan fingerprint density at radius 3 is 2.78 bits per heavy atom. The summed E-state index contributed by atoms with van der Waals surface area (Å²) in [7, 11) is 0. The van der Waals surface area contributed by atoms with E-state index in [4.69, 9.17) is 23.2 Å². The highest BCUT2D eigenvalue weighted by Gasteiger charge is 2.03. The molecular weight excluding hydrogens is 351 g/mol. The molecular formula is C17H16Cl2N2OS. The molecule has 2 aromatic carbocycles. The molecule has 2 rings (SSSR count). The molecule has 0 spiro atoms. The molecule has 0 atom stereocenters. The van der Waals surface area contributed by atoms with Crippen molar-refractivity contribution in [1.29, 1.82) is 0 Å². The number of halogens is 2. The number of thioether (sulfide) groups is 1. The Kier molecular flexibility index (Phi) is 6.96. The molecule has 1 N–H and O–H groups in total. The summed E-state index contributed by atoms with van der Waals surface area (Å²) >= 11 is 13.4. The first-order chi connectivity index (χ1) is 11.1. The average Bonchev–Trinajstić information content (AvgIpc) is 2.51. The van der Waals surface area contributed by atoms with Crippen LogP contribution in [0, 0.1) is 6.92 Å². The van der Waals surface area contributed by atoms with Crippen LogP contribution in [0.2, 0.25) is 10.0 Å². The second-order valence-electron chi connectivity index (χ2n) is 4.88. The Bertz CT molecular complexity index is 719. The number of aryl methyl sites for hydroxylation is 1. The number of benzene rings is 2. The first-order valence-electron chi connectivity index (χ1n) is 6.95. The number of hydrogen-bond donors (Lipinski definition) is 1. The van der Waals surface area contributed by atoms with Crippen LogP contribution in [0.1, 0.15) is 16.7 Å². The number of amides is 1. The molecule has 0 fully saturated rings. The molecule has 0 saturated heterocycles. The van der Waals surface area contributed by atoms with Gasteiger partial charge in [-0.3, -0.25) is 4.79 Å². The van der Waals surface area contributed by atoms with Crippen molar-refractivity contribution in [2.45, 2.75) is 12.7 Å². The number of nitrogens with zero attached hydrogens (tertiary/aromatic N) is 1. The number of carbonyl (C=O) groups is 1. The third kappa shape index (κ3) is 5.90. The van der Waals surface area contributed by atoms with E-state index in [1.165, 1.54) is 17.3 Å². The van der Waals surface area contributed by atoms with Gasteiger partial charge in [-0.05, 0) is 30.2 Å². The molecule has 1 amide bonds. The predicted octanol–water partition coefficient (Wildman–Crippen LogP) is 4.69. The minimum atomic E-state index is -0.148. The number of nitrogens with one attached hydrogen (secondary N) is 1. The number of rotatable bonds is 6. The monoisotopic (exact) mass is 366 g/mol. The lowest BCUT2D eigenvalue weighted by Crippen LogP contribution is -2.19. The summed E-state index contributed by atoms with van der Waals surface area (Å²) in [4.78, 5) is 11.7. The maximum absolute atomic E-state index is 11.7. The van der Waals surface area contributed by atoms with Crippen molar-refractivity contribution in [3.63, 3.8) is 0 Å². The lowest BCUT2D eigenvalue weighted by atomic mass is 10.1. The Morgan fingerprint density at radius 2 is 2.04 bits per heavy atom. The SMILES string of the molecule is Cc1ccccc1CSCC(=O)N/N=C/c1ccc(Cl)cc1Cl. The van der Waals surface area contributed by atoms with E-state index in [0.29, 0.717) is 21.4 Å². The number of hydrazone groups is 1. The second-order valence-corrected chi connectivity index (χ2v) is 6.71. The topological polar surface area (TPSA) is 41.5 Å². The quantitative estimate of drug-likeness (QED) is 0.595. The molecule has 0 unspecified atom stereocenters. The third-order valence-corrected chi connectivity index (χ3v) is 4.65. The summed E-state index contributed by atoms with van der Waals surface area (Å²) in [6.07, 6.45) is 1.50. The molecule has 2 aromatic rings. The first-order valence-corrected chi connectivity index (χ1v) is 8.86. The molecule has 0 radical (unpaired) electrons. The fourth-order valence-corrected chi connectivity index (χ4v) is 3.19. The van der Waals surface area contributed by atoms with Crippen molar-refractivity contribution >= 4 is 47.1 Å². The summed E-state index contributed by atoms with van der Waals surface area (Å²) in [5.41, 5.74) is 5.66.